The van der Waals surface area contributed by atoms with E-state index < -0.39 is 11.6 Å². The second kappa shape index (κ2) is 6.18. The first kappa shape index (κ1) is 14.0. The van der Waals surface area contributed by atoms with Gasteiger partial charge < -0.3 is 5.43 Å². The molecule has 0 aliphatic heterocycles. The predicted molar refractivity (Wildman–Crippen MR) is 73.0 cm³/mol. The smallest absolute Gasteiger partial charge is 0.177 e. The number of nitrogens with zero attached hydrogens (tertiary/aromatic N) is 1. The Hall–Kier alpha value is -1.37. The summed E-state index contributed by atoms with van der Waals surface area (Å²) in [5, 5.41) is 0.656. The van der Waals surface area contributed by atoms with Gasteiger partial charge in [0.2, 0.25) is 0 Å². The fourth-order valence-electron chi connectivity index (χ4n) is 1.41. The van der Waals surface area contributed by atoms with Gasteiger partial charge in [0.15, 0.2) is 17.5 Å². The summed E-state index contributed by atoms with van der Waals surface area (Å²) in [5.74, 6) is 3.77. The van der Waals surface area contributed by atoms with Gasteiger partial charge in [0.25, 0.3) is 0 Å². The van der Waals surface area contributed by atoms with Crippen molar-refractivity contribution in [1.82, 2.24) is 4.98 Å². The maximum Gasteiger partial charge on any atom is 0.177 e. The van der Waals surface area contributed by atoms with E-state index in [2.05, 4.69) is 10.4 Å². The van der Waals surface area contributed by atoms with E-state index in [4.69, 9.17) is 17.4 Å². The summed E-state index contributed by atoms with van der Waals surface area (Å²) in [5.41, 5.74) is 2.93. The van der Waals surface area contributed by atoms with Gasteiger partial charge in [0.05, 0.1) is 0 Å². The molecular weight excluding hydrogens is 292 g/mol. The molecule has 3 nitrogen and oxygen atoms in total. The van der Waals surface area contributed by atoms with Gasteiger partial charge in [-0.25, -0.2) is 19.6 Å². The molecule has 1 heterocycles. The third-order valence-electron chi connectivity index (χ3n) is 2.36. The van der Waals surface area contributed by atoms with E-state index in [1.807, 2.05) is 18.2 Å². The molecule has 100 valence electrons. The number of hydrazine groups is 1. The number of pyridine rings is 1. The zero-order valence-electron chi connectivity index (χ0n) is 9.66. The van der Waals surface area contributed by atoms with E-state index in [0.29, 0.717) is 10.8 Å². The van der Waals surface area contributed by atoms with Crippen molar-refractivity contribution in [3.8, 4) is 0 Å². The standard InChI is InChI=1S/C12H10ClF2N3S/c13-8-4-2-1-3-7(8)6-19-12-10(15)5-9(14)11(17-12)18-16/h1-5H,6,16H2,(H,17,18). The van der Waals surface area contributed by atoms with Crippen LogP contribution in [0.4, 0.5) is 14.6 Å². The molecular formula is C12H10ClF2N3S. The van der Waals surface area contributed by atoms with Crippen LogP contribution in [-0.2, 0) is 5.75 Å². The lowest BCUT2D eigenvalue weighted by Crippen LogP contribution is -2.11. The number of hydrogen-bond acceptors (Lipinski definition) is 4. The molecule has 0 fully saturated rings. The van der Waals surface area contributed by atoms with E-state index >= 15 is 0 Å². The van der Waals surface area contributed by atoms with Crippen molar-refractivity contribution in [3.05, 3.63) is 52.6 Å². The third-order valence-corrected chi connectivity index (χ3v) is 3.74. The van der Waals surface area contributed by atoms with Crippen LogP contribution in [0.25, 0.3) is 0 Å². The van der Waals surface area contributed by atoms with Crippen LogP contribution in [0.15, 0.2) is 35.4 Å². The summed E-state index contributed by atoms with van der Waals surface area (Å²) in [7, 11) is 0. The average Bonchev–Trinajstić information content (AvgIpc) is 2.39. The van der Waals surface area contributed by atoms with Crippen molar-refractivity contribution >= 4 is 29.2 Å². The Morgan fingerprint density at radius 1 is 1.26 bits per heavy atom. The molecule has 0 amide bonds. The second-order valence-corrected chi connectivity index (χ2v) is 5.00. The predicted octanol–water partition coefficient (Wildman–Crippen LogP) is 3.59. The van der Waals surface area contributed by atoms with Crippen molar-refractivity contribution in [2.24, 2.45) is 5.84 Å². The highest BCUT2D eigenvalue weighted by Gasteiger charge is 2.12. The third kappa shape index (κ3) is 3.34. The lowest BCUT2D eigenvalue weighted by molar-refractivity contribution is 0.551. The first-order valence-electron chi connectivity index (χ1n) is 5.30. The second-order valence-electron chi connectivity index (χ2n) is 3.63. The van der Waals surface area contributed by atoms with Crippen molar-refractivity contribution in [1.29, 1.82) is 0 Å². The average molecular weight is 302 g/mol. The fraction of sp³-hybridized carbons (Fsp3) is 0.0833. The van der Waals surface area contributed by atoms with Gasteiger partial charge in [0.1, 0.15) is 5.03 Å². The van der Waals surface area contributed by atoms with Gasteiger partial charge in [0, 0.05) is 16.8 Å². The van der Waals surface area contributed by atoms with E-state index in [1.54, 1.807) is 6.07 Å². The summed E-state index contributed by atoms with van der Waals surface area (Å²) >= 11 is 7.11. The highest BCUT2D eigenvalue weighted by Crippen LogP contribution is 2.28. The van der Waals surface area contributed by atoms with Gasteiger partial charge in [-0.3, -0.25) is 0 Å². The number of nitrogen functional groups attached to an aromatic ring is 1. The molecule has 2 rings (SSSR count). The molecule has 0 unspecified atom stereocenters. The van der Waals surface area contributed by atoms with Crippen LogP contribution in [0.3, 0.4) is 0 Å². The number of rotatable bonds is 4. The molecule has 0 spiro atoms. The lowest BCUT2D eigenvalue weighted by atomic mass is 10.2. The monoisotopic (exact) mass is 301 g/mol. The van der Waals surface area contributed by atoms with Gasteiger partial charge in [-0.1, -0.05) is 41.6 Å². The minimum absolute atomic E-state index is 0.0641. The topological polar surface area (TPSA) is 50.9 Å². The molecule has 0 bridgehead atoms. The zero-order chi connectivity index (χ0) is 13.8. The molecule has 2 aromatic rings. The first-order chi connectivity index (χ1) is 9.11. The van der Waals surface area contributed by atoms with Crippen LogP contribution in [0, 0.1) is 11.6 Å². The molecule has 0 radical (unpaired) electrons. The Kier molecular flexibility index (Phi) is 4.57. The fourth-order valence-corrected chi connectivity index (χ4v) is 2.59. The maximum atomic E-state index is 13.5. The number of halogens is 3. The first-order valence-corrected chi connectivity index (χ1v) is 6.67. The Morgan fingerprint density at radius 2 is 2.00 bits per heavy atom. The summed E-state index contributed by atoms with van der Waals surface area (Å²) < 4.78 is 26.7. The van der Waals surface area contributed by atoms with Crippen molar-refractivity contribution < 1.29 is 8.78 Å². The number of aromatic nitrogens is 1. The Bertz CT molecular complexity index is 595. The molecule has 0 aliphatic carbocycles. The summed E-state index contributed by atoms with van der Waals surface area (Å²) in [6, 6.07) is 7.97. The van der Waals surface area contributed by atoms with Gasteiger partial charge in [-0.15, -0.1) is 0 Å². The van der Waals surface area contributed by atoms with Crippen LogP contribution in [0.2, 0.25) is 5.02 Å². The SMILES string of the molecule is NNc1nc(SCc2ccccc2Cl)c(F)cc1F. The lowest BCUT2D eigenvalue weighted by Gasteiger charge is -2.07. The molecule has 0 saturated carbocycles. The highest BCUT2D eigenvalue weighted by molar-refractivity contribution is 7.98. The molecule has 0 atom stereocenters. The number of nitrogens with one attached hydrogen (secondary N) is 1. The number of anilines is 1. The van der Waals surface area contributed by atoms with Crippen molar-refractivity contribution in [2.45, 2.75) is 10.8 Å². The van der Waals surface area contributed by atoms with Crippen LogP contribution in [0.1, 0.15) is 5.56 Å². The summed E-state index contributed by atoms with van der Waals surface area (Å²) in [4.78, 5) is 3.77. The van der Waals surface area contributed by atoms with Crippen LogP contribution in [0.5, 0.6) is 0 Å². The maximum absolute atomic E-state index is 13.5. The summed E-state index contributed by atoms with van der Waals surface area (Å²) in [6.45, 7) is 0. The largest absolute Gasteiger partial charge is 0.306 e. The number of thioether (sulfide) groups is 1. The number of benzene rings is 1. The molecule has 7 heteroatoms. The molecule has 3 N–H and O–H groups in total. The summed E-state index contributed by atoms with van der Waals surface area (Å²) in [6.07, 6.45) is 0. The number of nitrogens with two attached hydrogens (primary N) is 1. The van der Waals surface area contributed by atoms with Crippen LogP contribution in [-0.4, -0.2) is 4.98 Å². The van der Waals surface area contributed by atoms with E-state index in [1.165, 1.54) is 0 Å². The van der Waals surface area contributed by atoms with E-state index in [0.717, 1.165) is 23.4 Å². The Balaban J connectivity index is 2.18. The van der Waals surface area contributed by atoms with E-state index in [9.17, 15) is 8.78 Å². The van der Waals surface area contributed by atoms with Crippen molar-refractivity contribution in [2.75, 3.05) is 5.43 Å². The molecule has 0 saturated heterocycles. The van der Waals surface area contributed by atoms with Gasteiger partial charge in [-0.2, -0.15) is 0 Å². The van der Waals surface area contributed by atoms with Crippen molar-refractivity contribution in [3.63, 3.8) is 0 Å². The minimum Gasteiger partial charge on any atom is -0.306 e. The molecule has 1 aromatic carbocycles. The quantitative estimate of drug-likeness (QED) is 0.515. The van der Waals surface area contributed by atoms with E-state index in [-0.39, 0.29) is 10.8 Å². The van der Waals surface area contributed by atoms with Crippen LogP contribution >= 0.6 is 23.4 Å². The van der Waals surface area contributed by atoms with Gasteiger partial charge in [-0.05, 0) is 11.6 Å². The van der Waals surface area contributed by atoms with Crippen LogP contribution < -0.4 is 11.3 Å². The minimum atomic E-state index is -0.831. The Morgan fingerprint density at radius 3 is 2.68 bits per heavy atom. The Labute approximate surface area is 118 Å². The molecule has 0 aliphatic rings. The highest BCUT2D eigenvalue weighted by atomic mass is 35.5. The molecule has 1 aromatic heterocycles. The zero-order valence-corrected chi connectivity index (χ0v) is 11.2. The normalized spacial score (nSPS) is 10.5. The number of hydrogen-bond donors (Lipinski definition) is 2. The van der Waals surface area contributed by atoms with Gasteiger partial charge >= 0.3 is 0 Å². The molecule has 19 heavy (non-hydrogen) atoms.